The van der Waals surface area contributed by atoms with E-state index in [0.717, 1.165) is 53.8 Å². The molecule has 1 fully saturated rings. The first-order valence-electron chi connectivity index (χ1n) is 11.6. The molecule has 6 heteroatoms. The van der Waals surface area contributed by atoms with Crippen molar-refractivity contribution in [1.82, 2.24) is 4.90 Å². The predicted octanol–water partition coefficient (Wildman–Crippen LogP) is 6.79. The van der Waals surface area contributed by atoms with Crippen LogP contribution >= 0.6 is 27.3 Å². The number of hydrogen-bond donors (Lipinski definition) is 1. The Kier molecular flexibility index (Phi) is 6.83. The molecule has 0 bridgehead atoms. The van der Waals surface area contributed by atoms with E-state index in [1.165, 1.54) is 16.9 Å². The van der Waals surface area contributed by atoms with Gasteiger partial charge in [0.05, 0.1) is 5.56 Å². The molecule has 2 heterocycles. The number of carbonyl (C=O) groups excluding carboxylic acids is 2. The molecule has 1 aromatic carbocycles. The van der Waals surface area contributed by atoms with Crippen molar-refractivity contribution >= 4 is 44.1 Å². The minimum Gasteiger partial charge on any atom is -0.338 e. The van der Waals surface area contributed by atoms with Crippen molar-refractivity contribution in [2.45, 2.75) is 59.8 Å². The number of thiophene rings is 1. The first-order valence-corrected chi connectivity index (χ1v) is 13.2. The summed E-state index contributed by atoms with van der Waals surface area (Å²) < 4.78 is 0.934. The minimum absolute atomic E-state index is 0.0920. The summed E-state index contributed by atoms with van der Waals surface area (Å²) in [6.07, 6.45) is 5.20. The lowest BCUT2D eigenvalue weighted by Gasteiger charge is -2.34. The summed E-state index contributed by atoms with van der Waals surface area (Å²) >= 11 is 5.03. The number of carbonyl (C=O) groups is 2. The van der Waals surface area contributed by atoms with E-state index in [1.54, 1.807) is 23.5 Å². The zero-order chi connectivity index (χ0) is 23.0. The third-order valence-electron chi connectivity index (χ3n) is 6.98. The molecule has 32 heavy (non-hydrogen) atoms. The van der Waals surface area contributed by atoms with Gasteiger partial charge in [-0.15, -0.1) is 11.3 Å². The summed E-state index contributed by atoms with van der Waals surface area (Å²) in [5.74, 6) is 1.04. The Bertz CT molecular complexity index is 1010. The summed E-state index contributed by atoms with van der Waals surface area (Å²) in [6, 6.07) is 7.33. The topological polar surface area (TPSA) is 49.4 Å². The number of benzene rings is 1. The van der Waals surface area contributed by atoms with Gasteiger partial charge in [-0.25, -0.2) is 0 Å². The zero-order valence-electron chi connectivity index (χ0n) is 19.5. The van der Waals surface area contributed by atoms with Crippen LogP contribution in [-0.2, 0) is 12.8 Å². The van der Waals surface area contributed by atoms with E-state index >= 15 is 0 Å². The number of nitrogens with zero attached hydrogens (tertiary/aromatic N) is 1. The van der Waals surface area contributed by atoms with E-state index in [9.17, 15) is 9.59 Å². The van der Waals surface area contributed by atoms with Gasteiger partial charge in [-0.3, -0.25) is 9.59 Å². The van der Waals surface area contributed by atoms with E-state index in [0.29, 0.717) is 17.4 Å². The summed E-state index contributed by atoms with van der Waals surface area (Å²) in [7, 11) is 0. The number of halogens is 1. The van der Waals surface area contributed by atoms with E-state index in [-0.39, 0.29) is 17.2 Å². The summed E-state index contributed by atoms with van der Waals surface area (Å²) in [4.78, 5) is 30.0. The van der Waals surface area contributed by atoms with Gasteiger partial charge in [0.15, 0.2) is 0 Å². The number of rotatable bonds is 3. The van der Waals surface area contributed by atoms with Crippen molar-refractivity contribution in [2.75, 3.05) is 18.4 Å². The van der Waals surface area contributed by atoms with Gasteiger partial charge in [-0.2, -0.15) is 0 Å². The van der Waals surface area contributed by atoms with Crippen LogP contribution in [0.5, 0.6) is 0 Å². The number of amides is 2. The maximum atomic E-state index is 13.7. The molecule has 2 unspecified atom stereocenters. The third-order valence-corrected chi connectivity index (χ3v) is 8.68. The number of anilines is 1. The molecule has 2 aromatic rings. The number of hydrogen-bond acceptors (Lipinski definition) is 3. The highest BCUT2D eigenvalue weighted by Crippen LogP contribution is 2.45. The first kappa shape index (κ1) is 23.5. The maximum absolute atomic E-state index is 13.7. The predicted molar refractivity (Wildman–Crippen MR) is 136 cm³/mol. The fraction of sp³-hybridized carbons (Fsp3) is 0.538. The second kappa shape index (κ2) is 9.30. The lowest BCUT2D eigenvalue weighted by Crippen LogP contribution is -2.39. The van der Waals surface area contributed by atoms with Crippen molar-refractivity contribution in [3.63, 3.8) is 0 Å². The molecule has 0 saturated carbocycles. The number of nitrogens with one attached hydrogen (secondary N) is 1. The molecular weight excluding hydrogens is 484 g/mol. The molecule has 2 atom stereocenters. The van der Waals surface area contributed by atoms with Crippen LogP contribution in [0, 0.1) is 17.3 Å². The Labute approximate surface area is 203 Å². The van der Waals surface area contributed by atoms with Crippen LogP contribution in [0.4, 0.5) is 5.00 Å². The molecule has 4 nitrogen and oxygen atoms in total. The molecule has 1 N–H and O–H groups in total. The molecule has 0 radical (unpaired) electrons. The van der Waals surface area contributed by atoms with E-state index in [2.05, 4.69) is 48.9 Å². The maximum Gasteiger partial charge on any atom is 0.257 e. The average Bonchev–Trinajstić information content (AvgIpc) is 3.10. The first-order chi connectivity index (χ1) is 15.1. The van der Waals surface area contributed by atoms with Gasteiger partial charge in [0.25, 0.3) is 11.8 Å². The number of fused-ring (bicyclic) bond motifs is 1. The van der Waals surface area contributed by atoms with Gasteiger partial charge in [0, 0.05) is 28.0 Å². The Balaban J connectivity index is 1.68. The van der Waals surface area contributed by atoms with Gasteiger partial charge in [0.2, 0.25) is 0 Å². The molecular formula is C26H33BrN2O2S. The molecule has 172 valence electrons. The van der Waals surface area contributed by atoms with E-state index in [4.69, 9.17) is 0 Å². The quantitative estimate of drug-likeness (QED) is 0.488. The second-order valence-electron chi connectivity index (χ2n) is 10.5. The van der Waals surface area contributed by atoms with Crippen molar-refractivity contribution in [3.05, 3.63) is 50.3 Å². The molecule has 4 rings (SSSR count). The molecule has 1 aliphatic carbocycles. The summed E-state index contributed by atoms with van der Waals surface area (Å²) in [5.41, 5.74) is 2.74. The standard InChI is InChI=1S/C26H33BrN2O2S/c1-16-6-5-13-29(15-16)25(31)22-20-12-9-18(26(2,3)4)14-21(20)32-24(22)28-23(30)17-7-10-19(27)11-8-17/h7-8,10-11,16,18H,5-6,9,12-15H2,1-4H3,(H,28,30). The Hall–Kier alpha value is -1.66. The number of likely N-dealkylation sites (tertiary alicyclic amines) is 1. The van der Waals surface area contributed by atoms with Gasteiger partial charge >= 0.3 is 0 Å². The third kappa shape index (κ3) is 4.96. The van der Waals surface area contributed by atoms with Gasteiger partial charge < -0.3 is 10.2 Å². The smallest absolute Gasteiger partial charge is 0.257 e. The van der Waals surface area contributed by atoms with Crippen LogP contribution in [0.3, 0.4) is 0 Å². The van der Waals surface area contributed by atoms with Crippen molar-refractivity contribution in [1.29, 1.82) is 0 Å². The minimum atomic E-state index is -0.162. The molecule has 0 spiro atoms. The van der Waals surface area contributed by atoms with Crippen LogP contribution in [0.15, 0.2) is 28.7 Å². The van der Waals surface area contributed by atoms with Crippen LogP contribution in [0.25, 0.3) is 0 Å². The fourth-order valence-corrected chi connectivity index (χ4v) is 6.53. The Morgan fingerprint density at radius 1 is 1.16 bits per heavy atom. The lowest BCUT2D eigenvalue weighted by atomic mass is 9.72. The van der Waals surface area contributed by atoms with Crippen LogP contribution in [0.2, 0.25) is 0 Å². The highest BCUT2D eigenvalue weighted by Gasteiger charge is 2.35. The SMILES string of the molecule is CC1CCCN(C(=O)c2c(NC(=O)c3ccc(Br)cc3)sc3c2CCC(C(C)(C)C)C3)C1. The summed E-state index contributed by atoms with van der Waals surface area (Å²) in [6.45, 7) is 10.7. The second-order valence-corrected chi connectivity index (χ2v) is 12.5. The average molecular weight is 518 g/mol. The zero-order valence-corrected chi connectivity index (χ0v) is 21.9. The van der Waals surface area contributed by atoms with E-state index in [1.807, 2.05) is 17.0 Å². The Morgan fingerprint density at radius 2 is 1.88 bits per heavy atom. The van der Waals surface area contributed by atoms with Gasteiger partial charge in [-0.1, -0.05) is 43.6 Å². The van der Waals surface area contributed by atoms with E-state index < -0.39 is 0 Å². The molecule has 2 amide bonds. The highest BCUT2D eigenvalue weighted by molar-refractivity contribution is 9.10. The normalized spacial score (nSPS) is 21.2. The summed E-state index contributed by atoms with van der Waals surface area (Å²) in [5, 5.41) is 3.83. The Morgan fingerprint density at radius 3 is 2.53 bits per heavy atom. The molecule has 1 aliphatic heterocycles. The molecule has 2 aliphatic rings. The van der Waals surface area contributed by atoms with Crippen LogP contribution < -0.4 is 5.32 Å². The van der Waals surface area contributed by atoms with Crippen molar-refractivity contribution in [2.24, 2.45) is 17.3 Å². The van der Waals surface area contributed by atoms with Crippen molar-refractivity contribution < 1.29 is 9.59 Å². The molecule has 1 aromatic heterocycles. The highest BCUT2D eigenvalue weighted by atomic mass is 79.9. The van der Waals surface area contributed by atoms with Crippen LogP contribution in [0.1, 0.15) is 78.1 Å². The lowest BCUT2D eigenvalue weighted by molar-refractivity contribution is 0.0683. The largest absolute Gasteiger partial charge is 0.338 e. The fourth-order valence-electron chi connectivity index (χ4n) is 4.95. The monoisotopic (exact) mass is 516 g/mol. The van der Waals surface area contributed by atoms with Gasteiger partial charge in [0.1, 0.15) is 5.00 Å². The number of piperidine rings is 1. The molecule has 1 saturated heterocycles. The van der Waals surface area contributed by atoms with Crippen molar-refractivity contribution in [3.8, 4) is 0 Å². The van der Waals surface area contributed by atoms with Crippen LogP contribution in [-0.4, -0.2) is 29.8 Å². The van der Waals surface area contributed by atoms with Gasteiger partial charge in [-0.05, 0) is 79.2 Å².